The Morgan fingerprint density at radius 1 is 1.08 bits per heavy atom. The number of nitrogens with zero attached hydrogens (tertiary/aromatic N) is 5. The standard InChI is InChI=1S/C23H24F2N8O2S/c1-11-7-18(32-30-11)27-22-19(13-5-6-13)20(15-10-26-31-12(15)2)28-23(29-22)33(3)21-16(24)8-14(9-17(21)25)36(4,34)35/h7-10,13H,5-6H2,1-4H3,(H,26,31)(H2,27,28,29,30,32). The Hall–Kier alpha value is -3.87. The fraction of sp³-hybridized carbons (Fsp3) is 0.304. The van der Waals surface area contributed by atoms with Crippen molar-refractivity contribution in [3.05, 3.63) is 53.0 Å². The molecule has 0 bridgehead atoms. The molecule has 3 heterocycles. The minimum absolute atomic E-state index is 0.00895. The molecule has 0 saturated heterocycles. The van der Waals surface area contributed by atoms with E-state index in [4.69, 9.17) is 4.98 Å². The second-order valence-corrected chi connectivity index (χ2v) is 11.0. The van der Waals surface area contributed by atoms with E-state index in [1.165, 1.54) is 7.05 Å². The molecule has 0 atom stereocenters. The number of halogens is 2. The van der Waals surface area contributed by atoms with Crippen LogP contribution < -0.4 is 10.2 Å². The molecule has 1 aliphatic carbocycles. The van der Waals surface area contributed by atoms with Gasteiger partial charge in [0.2, 0.25) is 5.95 Å². The Morgan fingerprint density at radius 2 is 1.78 bits per heavy atom. The summed E-state index contributed by atoms with van der Waals surface area (Å²) in [6.45, 7) is 3.73. The summed E-state index contributed by atoms with van der Waals surface area (Å²) in [6, 6.07) is 3.39. The van der Waals surface area contributed by atoms with Crippen molar-refractivity contribution in [2.24, 2.45) is 0 Å². The number of sulfone groups is 1. The Morgan fingerprint density at radius 3 is 2.31 bits per heavy atom. The predicted molar refractivity (Wildman–Crippen MR) is 130 cm³/mol. The van der Waals surface area contributed by atoms with Crippen LogP contribution in [0.5, 0.6) is 0 Å². The first-order valence-corrected chi connectivity index (χ1v) is 13.1. The molecule has 1 fully saturated rings. The lowest BCUT2D eigenvalue weighted by molar-refractivity contribution is 0.569. The van der Waals surface area contributed by atoms with Crippen molar-refractivity contribution < 1.29 is 17.2 Å². The normalized spacial score (nSPS) is 13.7. The molecule has 3 N–H and O–H groups in total. The second-order valence-electron chi connectivity index (χ2n) is 8.95. The van der Waals surface area contributed by atoms with Crippen molar-refractivity contribution in [3.63, 3.8) is 0 Å². The van der Waals surface area contributed by atoms with E-state index in [9.17, 15) is 8.42 Å². The molecule has 1 saturated carbocycles. The molecule has 36 heavy (non-hydrogen) atoms. The van der Waals surface area contributed by atoms with Gasteiger partial charge in [0.05, 0.1) is 16.8 Å². The third kappa shape index (κ3) is 4.41. The highest BCUT2D eigenvalue weighted by molar-refractivity contribution is 7.90. The highest BCUT2D eigenvalue weighted by atomic mass is 32.2. The van der Waals surface area contributed by atoms with Crippen LogP contribution in [-0.2, 0) is 9.84 Å². The molecule has 3 aromatic heterocycles. The van der Waals surface area contributed by atoms with E-state index in [0.717, 1.165) is 58.6 Å². The monoisotopic (exact) mass is 514 g/mol. The highest BCUT2D eigenvalue weighted by Crippen LogP contribution is 2.48. The van der Waals surface area contributed by atoms with Crippen LogP contribution in [0.1, 0.15) is 35.7 Å². The molecule has 0 unspecified atom stereocenters. The van der Waals surface area contributed by atoms with Gasteiger partial charge in [-0.05, 0) is 44.7 Å². The van der Waals surface area contributed by atoms with Crippen molar-refractivity contribution >= 4 is 33.1 Å². The Balaban J connectivity index is 1.69. The molecule has 1 aromatic carbocycles. The maximum atomic E-state index is 15.0. The molecule has 5 rings (SSSR count). The van der Waals surface area contributed by atoms with E-state index < -0.39 is 32.1 Å². The minimum Gasteiger partial charge on any atom is -0.323 e. The lowest BCUT2D eigenvalue weighted by atomic mass is 10.0. The number of aromatic nitrogens is 6. The molecular formula is C23H24F2N8O2S. The number of hydrogen-bond acceptors (Lipinski definition) is 8. The van der Waals surface area contributed by atoms with Gasteiger partial charge in [0.1, 0.15) is 11.5 Å². The smallest absolute Gasteiger partial charge is 0.232 e. The summed E-state index contributed by atoms with van der Waals surface area (Å²) in [7, 11) is -2.38. The number of aryl methyl sites for hydroxylation is 2. The zero-order valence-corrected chi connectivity index (χ0v) is 20.8. The topological polar surface area (TPSA) is 133 Å². The second kappa shape index (κ2) is 8.66. The Bertz CT molecular complexity index is 1550. The molecule has 0 radical (unpaired) electrons. The van der Waals surface area contributed by atoms with Gasteiger partial charge in [-0.25, -0.2) is 22.2 Å². The summed E-state index contributed by atoms with van der Waals surface area (Å²) in [4.78, 5) is 10.1. The molecule has 0 amide bonds. The van der Waals surface area contributed by atoms with E-state index in [0.29, 0.717) is 17.3 Å². The van der Waals surface area contributed by atoms with Crippen molar-refractivity contribution in [2.75, 3.05) is 23.5 Å². The van der Waals surface area contributed by atoms with Crippen LogP contribution in [-0.4, -0.2) is 52.1 Å². The maximum absolute atomic E-state index is 15.0. The Kier molecular flexibility index (Phi) is 5.74. The quantitative estimate of drug-likeness (QED) is 0.333. The summed E-state index contributed by atoms with van der Waals surface area (Å²) >= 11 is 0. The maximum Gasteiger partial charge on any atom is 0.232 e. The average Bonchev–Trinajstić information content (AvgIpc) is 3.42. The third-order valence-electron chi connectivity index (χ3n) is 6.01. The van der Waals surface area contributed by atoms with Gasteiger partial charge in [0.15, 0.2) is 27.3 Å². The SMILES string of the molecule is Cc1cc(Nc2nc(N(C)c3c(F)cc(S(C)(=O)=O)cc3F)nc(-c3cn[nH]c3C)c2C2CC2)n[nH]1. The molecule has 188 valence electrons. The lowest BCUT2D eigenvalue weighted by Gasteiger charge is -2.22. The Labute approximate surface area is 206 Å². The zero-order chi connectivity index (χ0) is 25.8. The van der Waals surface area contributed by atoms with Crippen LogP contribution in [0.2, 0.25) is 0 Å². The number of hydrogen-bond donors (Lipinski definition) is 3. The first-order chi connectivity index (χ1) is 17.0. The fourth-order valence-electron chi connectivity index (χ4n) is 4.04. The minimum atomic E-state index is -3.80. The summed E-state index contributed by atoms with van der Waals surface area (Å²) in [5.41, 5.74) is 3.34. The van der Waals surface area contributed by atoms with E-state index in [-0.39, 0.29) is 11.9 Å². The van der Waals surface area contributed by atoms with Crippen LogP contribution >= 0.6 is 0 Å². The van der Waals surface area contributed by atoms with Crippen molar-refractivity contribution in [1.82, 2.24) is 30.4 Å². The van der Waals surface area contributed by atoms with Gasteiger partial charge >= 0.3 is 0 Å². The molecule has 13 heteroatoms. The number of H-pyrrole nitrogens is 2. The van der Waals surface area contributed by atoms with Crippen LogP contribution in [0.4, 0.5) is 32.1 Å². The summed E-state index contributed by atoms with van der Waals surface area (Å²) in [6.07, 6.45) is 4.44. The molecule has 1 aliphatic rings. The molecule has 4 aromatic rings. The van der Waals surface area contributed by atoms with Gasteiger partial charge in [-0.1, -0.05) is 0 Å². The van der Waals surface area contributed by atoms with Gasteiger partial charge in [-0.15, -0.1) is 0 Å². The van der Waals surface area contributed by atoms with Crippen LogP contribution in [0.25, 0.3) is 11.3 Å². The number of benzene rings is 1. The summed E-state index contributed by atoms with van der Waals surface area (Å²) in [5.74, 6) is -0.887. The molecule has 10 nitrogen and oxygen atoms in total. The van der Waals surface area contributed by atoms with Gasteiger partial charge in [0, 0.05) is 41.9 Å². The molecule has 0 spiro atoms. The summed E-state index contributed by atoms with van der Waals surface area (Å²) < 4.78 is 53.7. The number of anilines is 4. The molecule has 0 aliphatic heterocycles. The number of nitrogens with one attached hydrogen (secondary N) is 3. The fourth-order valence-corrected chi connectivity index (χ4v) is 4.67. The number of rotatable bonds is 7. The van der Waals surface area contributed by atoms with Crippen LogP contribution in [0.15, 0.2) is 29.3 Å². The highest BCUT2D eigenvalue weighted by Gasteiger charge is 2.33. The number of aromatic amines is 2. The predicted octanol–water partition coefficient (Wildman–Crippen LogP) is 4.28. The van der Waals surface area contributed by atoms with Crippen LogP contribution in [0.3, 0.4) is 0 Å². The van der Waals surface area contributed by atoms with E-state index in [1.54, 1.807) is 6.20 Å². The van der Waals surface area contributed by atoms with Crippen LogP contribution in [0, 0.1) is 25.5 Å². The lowest BCUT2D eigenvalue weighted by Crippen LogP contribution is -2.19. The van der Waals surface area contributed by atoms with Crippen molar-refractivity contribution in [1.29, 1.82) is 0 Å². The summed E-state index contributed by atoms with van der Waals surface area (Å²) in [5, 5.41) is 17.3. The van der Waals surface area contributed by atoms with Gasteiger partial charge in [-0.2, -0.15) is 15.2 Å². The first kappa shape index (κ1) is 23.9. The van der Waals surface area contributed by atoms with E-state index in [1.807, 2.05) is 19.9 Å². The van der Waals surface area contributed by atoms with Gasteiger partial charge < -0.3 is 10.2 Å². The van der Waals surface area contributed by atoms with Crippen molar-refractivity contribution in [3.8, 4) is 11.3 Å². The molecular weight excluding hydrogens is 490 g/mol. The van der Waals surface area contributed by atoms with Gasteiger partial charge in [0.25, 0.3) is 0 Å². The zero-order valence-electron chi connectivity index (χ0n) is 20.0. The largest absolute Gasteiger partial charge is 0.323 e. The van der Waals surface area contributed by atoms with Crippen molar-refractivity contribution in [2.45, 2.75) is 37.5 Å². The van der Waals surface area contributed by atoms with Gasteiger partial charge in [-0.3, -0.25) is 10.2 Å². The van der Waals surface area contributed by atoms with E-state index in [2.05, 4.69) is 30.7 Å². The average molecular weight is 515 g/mol. The first-order valence-electron chi connectivity index (χ1n) is 11.2. The third-order valence-corrected chi connectivity index (χ3v) is 7.10. The van der Waals surface area contributed by atoms with E-state index >= 15 is 8.78 Å².